The zero-order valence-electron chi connectivity index (χ0n) is 15.6. The van der Waals surface area contributed by atoms with Gasteiger partial charge in [-0.15, -0.1) is 0 Å². The maximum atomic E-state index is 12.7. The summed E-state index contributed by atoms with van der Waals surface area (Å²) in [5.74, 6) is 0.546. The predicted molar refractivity (Wildman–Crippen MR) is 117 cm³/mol. The van der Waals surface area contributed by atoms with Crippen molar-refractivity contribution in [3.63, 3.8) is 0 Å². The van der Waals surface area contributed by atoms with Gasteiger partial charge in [0.15, 0.2) is 5.11 Å². The molecular weight excluding hydrogens is 409 g/mol. The van der Waals surface area contributed by atoms with E-state index in [-0.39, 0.29) is 5.11 Å². The molecule has 4 aromatic rings. The highest BCUT2D eigenvalue weighted by Gasteiger charge is 2.29. The van der Waals surface area contributed by atoms with Crippen molar-refractivity contribution < 1.29 is 13.2 Å². The van der Waals surface area contributed by atoms with Crippen LogP contribution in [0.25, 0.3) is 11.0 Å². The third-order valence-corrected chi connectivity index (χ3v) is 4.74. The molecule has 0 aliphatic rings. The standard InChI is InChI=1S/C22H17F3N4S/c23-22(24,25)16-10-12-17(13-11-16)26-21(30)28-20-27-18-8-4-5-9-19(18)29(20)14-15-6-2-1-3-7-15/h1-13H,14H2,(H2,26,27,28,30). The van der Waals surface area contributed by atoms with Crippen LogP contribution in [0.15, 0.2) is 78.9 Å². The Balaban J connectivity index is 1.56. The molecule has 0 radical (unpaired) electrons. The highest BCUT2D eigenvalue weighted by atomic mass is 32.1. The van der Waals surface area contributed by atoms with E-state index in [2.05, 4.69) is 15.6 Å². The first kappa shape index (κ1) is 19.9. The Morgan fingerprint density at radius 3 is 2.23 bits per heavy atom. The molecule has 152 valence electrons. The van der Waals surface area contributed by atoms with Crippen molar-refractivity contribution in [2.75, 3.05) is 10.6 Å². The van der Waals surface area contributed by atoms with Gasteiger partial charge in [-0.1, -0.05) is 42.5 Å². The van der Waals surface area contributed by atoms with Gasteiger partial charge in [-0.2, -0.15) is 13.2 Å². The lowest BCUT2D eigenvalue weighted by Crippen LogP contribution is -2.22. The summed E-state index contributed by atoms with van der Waals surface area (Å²) >= 11 is 5.36. The Morgan fingerprint density at radius 2 is 1.53 bits per heavy atom. The molecule has 0 aliphatic carbocycles. The number of rotatable bonds is 4. The summed E-state index contributed by atoms with van der Waals surface area (Å²) in [5.41, 5.74) is 2.60. The minimum absolute atomic E-state index is 0.236. The summed E-state index contributed by atoms with van der Waals surface area (Å²) in [7, 11) is 0. The summed E-state index contributed by atoms with van der Waals surface area (Å²) < 4.78 is 40.2. The van der Waals surface area contributed by atoms with E-state index in [4.69, 9.17) is 12.2 Å². The normalized spacial score (nSPS) is 11.4. The van der Waals surface area contributed by atoms with E-state index in [1.807, 2.05) is 59.2 Å². The van der Waals surface area contributed by atoms with Crippen molar-refractivity contribution >= 4 is 40.0 Å². The molecule has 1 aromatic heterocycles. The number of aromatic nitrogens is 2. The molecule has 0 unspecified atom stereocenters. The van der Waals surface area contributed by atoms with E-state index in [0.717, 1.165) is 28.7 Å². The average Bonchev–Trinajstić information content (AvgIpc) is 3.05. The van der Waals surface area contributed by atoms with Gasteiger partial charge in [0.25, 0.3) is 0 Å². The van der Waals surface area contributed by atoms with Crippen LogP contribution < -0.4 is 10.6 Å². The van der Waals surface area contributed by atoms with Crippen LogP contribution in [0, 0.1) is 0 Å². The maximum absolute atomic E-state index is 12.7. The minimum atomic E-state index is -4.38. The summed E-state index contributed by atoms with van der Waals surface area (Å²) in [6.07, 6.45) is -4.38. The zero-order chi connectivity index (χ0) is 21.1. The molecule has 2 N–H and O–H groups in total. The van der Waals surface area contributed by atoms with Crippen molar-refractivity contribution in [2.45, 2.75) is 12.7 Å². The second kappa shape index (κ2) is 8.16. The molecule has 0 amide bonds. The molecule has 8 heteroatoms. The van der Waals surface area contributed by atoms with Crippen LogP contribution in [-0.2, 0) is 12.7 Å². The van der Waals surface area contributed by atoms with E-state index in [1.165, 1.54) is 12.1 Å². The van der Waals surface area contributed by atoms with Crippen LogP contribution in [-0.4, -0.2) is 14.7 Å². The van der Waals surface area contributed by atoms with Crippen molar-refractivity contribution in [3.05, 3.63) is 90.0 Å². The first-order chi connectivity index (χ1) is 14.4. The summed E-state index contributed by atoms with van der Waals surface area (Å²) in [6, 6.07) is 22.4. The number of nitrogens with zero attached hydrogens (tertiary/aromatic N) is 2. The Labute approximate surface area is 176 Å². The largest absolute Gasteiger partial charge is 0.416 e. The Bertz CT molecular complexity index is 1170. The molecule has 0 saturated heterocycles. The van der Waals surface area contributed by atoms with Crippen molar-refractivity contribution in [1.82, 2.24) is 9.55 Å². The molecule has 30 heavy (non-hydrogen) atoms. The fourth-order valence-corrected chi connectivity index (χ4v) is 3.31. The molecule has 0 saturated carbocycles. The van der Waals surface area contributed by atoms with Crippen LogP contribution in [0.4, 0.5) is 24.8 Å². The fourth-order valence-electron chi connectivity index (χ4n) is 3.10. The SMILES string of the molecule is FC(F)(F)c1ccc(NC(=S)Nc2nc3ccccc3n2Cc2ccccc2)cc1. The lowest BCUT2D eigenvalue weighted by Gasteiger charge is -2.13. The third-order valence-electron chi connectivity index (χ3n) is 4.53. The number of nitrogens with one attached hydrogen (secondary N) is 2. The van der Waals surface area contributed by atoms with Crippen molar-refractivity contribution in [1.29, 1.82) is 0 Å². The van der Waals surface area contributed by atoms with Gasteiger partial charge in [-0.3, -0.25) is 0 Å². The molecule has 4 nitrogen and oxygen atoms in total. The van der Waals surface area contributed by atoms with Gasteiger partial charge < -0.3 is 15.2 Å². The number of benzene rings is 3. The second-order valence-corrected chi connectivity index (χ2v) is 7.06. The second-order valence-electron chi connectivity index (χ2n) is 6.65. The minimum Gasteiger partial charge on any atom is -0.332 e. The maximum Gasteiger partial charge on any atom is 0.416 e. The number of hydrogen-bond donors (Lipinski definition) is 2. The summed E-state index contributed by atoms with van der Waals surface area (Å²) in [4.78, 5) is 4.61. The van der Waals surface area contributed by atoms with E-state index in [0.29, 0.717) is 18.2 Å². The van der Waals surface area contributed by atoms with Gasteiger partial charge in [0.1, 0.15) is 0 Å². The van der Waals surface area contributed by atoms with Crippen LogP contribution in [0.1, 0.15) is 11.1 Å². The van der Waals surface area contributed by atoms with E-state index >= 15 is 0 Å². The molecule has 0 bridgehead atoms. The summed E-state index contributed by atoms with van der Waals surface area (Å²) in [6.45, 7) is 0.590. The van der Waals surface area contributed by atoms with Crippen molar-refractivity contribution in [2.24, 2.45) is 0 Å². The highest BCUT2D eigenvalue weighted by molar-refractivity contribution is 7.80. The number of imidazole rings is 1. The zero-order valence-corrected chi connectivity index (χ0v) is 16.5. The molecule has 0 fully saturated rings. The first-order valence-electron chi connectivity index (χ1n) is 9.14. The molecule has 0 spiro atoms. The number of para-hydroxylation sites is 2. The van der Waals surface area contributed by atoms with Gasteiger partial charge in [-0.05, 0) is 54.2 Å². The van der Waals surface area contributed by atoms with Gasteiger partial charge >= 0.3 is 6.18 Å². The number of anilines is 2. The van der Waals surface area contributed by atoms with Gasteiger partial charge in [0, 0.05) is 5.69 Å². The Hall–Kier alpha value is -3.39. The van der Waals surface area contributed by atoms with Gasteiger partial charge in [0.05, 0.1) is 23.1 Å². The number of thiocarbonyl (C=S) groups is 1. The Morgan fingerprint density at radius 1 is 0.867 bits per heavy atom. The van der Waals surface area contributed by atoms with Crippen molar-refractivity contribution in [3.8, 4) is 0 Å². The van der Waals surface area contributed by atoms with Crippen LogP contribution >= 0.6 is 12.2 Å². The monoisotopic (exact) mass is 426 g/mol. The molecule has 0 atom stereocenters. The van der Waals surface area contributed by atoms with E-state index in [9.17, 15) is 13.2 Å². The highest BCUT2D eigenvalue weighted by Crippen LogP contribution is 2.30. The Kier molecular flexibility index (Phi) is 5.41. The van der Waals surface area contributed by atoms with Crippen LogP contribution in [0.3, 0.4) is 0 Å². The molecular formula is C22H17F3N4S. The third kappa shape index (κ3) is 4.44. The van der Waals surface area contributed by atoms with E-state index in [1.54, 1.807) is 0 Å². The van der Waals surface area contributed by atoms with Gasteiger partial charge in [0.2, 0.25) is 5.95 Å². The van der Waals surface area contributed by atoms with E-state index < -0.39 is 11.7 Å². The first-order valence-corrected chi connectivity index (χ1v) is 9.55. The number of hydrogen-bond acceptors (Lipinski definition) is 2. The lowest BCUT2D eigenvalue weighted by atomic mass is 10.2. The molecule has 0 aliphatic heterocycles. The molecule has 1 heterocycles. The van der Waals surface area contributed by atoms with Gasteiger partial charge in [-0.25, -0.2) is 4.98 Å². The predicted octanol–water partition coefficient (Wildman–Crippen LogP) is 5.91. The smallest absolute Gasteiger partial charge is 0.332 e. The molecule has 4 rings (SSSR count). The number of halogens is 3. The number of alkyl halides is 3. The molecule has 3 aromatic carbocycles. The van der Waals surface area contributed by atoms with Crippen LogP contribution in [0.2, 0.25) is 0 Å². The topological polar surface area (TPSA) is 41.9 Å². The average molecular weight is 426 g/mol. The quantitative estimate of drug-likeness (QED) is 0.398. The van der Waals surface area contributed by atoms with Crippen LogP contribution in [0.5, 0.6) is 0 Å². The summed E-state index contributed by atoms with van der Waals surface area (Å²) in [5, 5.41) is 6.20. The number of fused-ring (bicyclic) bond motifs is 1. The lowest BCUT2D eigenvalue weighted by molar-refractivity contribution is -0.137. The fraction of sp³-hybridized carbons (Fsp3) is 0.0909.